The number of rotatable bonds is 1. The maximum Gasteiger partial charge on any atom is 0.288 e. The van der Waals surface area contributed by atoms with Gasteiger partial charge in [0.1, 0.15) is 0 Å². The molecule has 0 unspecified atom stereocenters. The van der Waals surface area contributed by atoms with Gasteiger partial charge in [-0.2, -0.15) is 4.74 Å². The van der Waals surface area contributed by atoms with E-state index in [2.05, 4.69) is 0 Å². The zero-order valence-electron chi connectivity index (χ0n) is 11.6. The average Bonchev–Trinajstić information content (AvgIpc) is 2.98. The third-order valence-corrected chi connectivity index (χ3v) is 4.50. The van der Waals surface area contributed by atoms with Crippen LogP contribution < -0.4 is 9.47 Å². The Bertz CT molecular complexity index is 653. The Morgan fingerprint density at radius 2 is 1.86 bits per heavy atom. The molecular weight excluding hydrogens is 272 g/mol. The molecule has 21 heavy (non-hydrogen) atoms. The molecule has 6 nitrogen and oxygen atoms in total. The van der Waals surface area contributed by atoms with Crippen LogP contribution in [0.1, 0.15) is 31.2 Å². The summed E-state index contributed by atoms with van der Waals surface area (Å²) in [5.41, 5.74) is 1.20. The minimum Gasteiger partial charge on any atom is -0.623 e. The van der Waals surface area contributed by atoms with E-state index < -0.39 is 0 Å². The van der Waals surface area contributed by atoms with E-state index in [0.29, 0.717) is 17.2 Å². The lowest BCUT2D eigenvalue weighted by atomic mass is 9.89. The molecule has 1 aromatic carbocycles. The van der Waals surface area contributed by atoms with Crippen molar-refractivity contribution in [2.45, 2.75) is 37.8 Å². The first kappa shape index (κ1) is 12.5. The molecule has 1 saturated carbocycles. The van der Waals surface area contributed by atoms with Crippen LogP contribution in [0.4, 0.5) is 0 Å². The highest BCUT2D eigenvalue weighted by Gasteiger charge is 2.45. The lowest BCUT2D eigenvalue weighted by molar-refractivity contribution is -0.819. The Hall–Kier alpha value is -2.24. The van der Waals surface area contributed by atoms with E-state index in [1.807, 2.05) is 6.07 Å². The summed E-state index contributed by atoms with van der Waals surface area (Å²) in [6, 6.07) is 5.11. The topological polar surface area (TPSA) is 67.8 Å². The van der Waals surface area contributed by atoms with E-state index in [1.54, 1.807) is 12.1 Å². The molecule has 0 spiro atoms. The number of hydrogen-bond acceptors (Lipinski definition) is 4. The van der Waals surface area contributed by atoms with Crippen LogP contribution in [0.25, 0.3) is 0 Å². The largest absolute Gasteiger partial charge is 0.623 e. The standard InChI is InChI=1S/C15H17N2O4/c18-16-8-13(17(19)12-4-2-1-3-11(12)16)10-5-6-14-15(7-10)21-9-20-14/h5-8,11-12,18H,1-4,9H2/q+1/t11-,12-/m1/s1. The van der Waals surface area contributed by atoms with Gasteiger partial charge in [0.25, 0.3) is 18.0 Å². The predicted molar refractivity (Wildman–Crippen MR) is 74.5 cm³/mol. The van der Waals surface area contributed by atoms with E-state index in [4.69, 9.17) is 9.47 Å². The van der Waals surface area contributed by atoms with Crippen LogP contribution in [0.5, 0.6) is 11.5 Å². The van der Waals surface area contributed by atoms with E-state index in [-0.39, 0.29) is 18.9 Å². The molecule has 2 atom stereocenters. The van der Waals surface area contributed by atoms with Crippen molar-refractivity contribution in [3.63, 3.8) is 0 Å². The van der Waals surface area contributed by atoms with Crippen molar-refractivity contribution < 1.29 is 24.2 Å². The van der Waals surface area contributed by atoms with Gasteiger partial charge in [-0.05, 0) is 35.8 Å². The molecule has 1 aliphatic carbocycles. The van der Waals surface area contributed by atoms with Crippen LogP contribution in [-0.2, 0) is 0 Å². The normalized spacial score (nSPS) is 27.3. The Morgan fingerprint density at radius 3 is 2.71 bits per heavy atom. The molecular formula is C15H17N2O4+. The first-order valence-electron chi connectivity index (χ1n) is 7.29. The minimum absolute atomic E-state index is 0.103. The Balaban J connectivity index is 1.76. The fraction of sp³-hybridized carbons (Fsp3) is 0.467. The smallest absolute Gasteiger partial charge is 0.288 e. The fourth-order valence-electron chi connectivity index (χ4n) is 3.39. The quantitative estimate of drug-likeness (QED) is 0.483. The number of ether oxygens (including phenoxy) is 2. The van der Waals surface area contributed by atoms with Crippen LogP contribution in [0.2, 0.25) is 0 Å². The third-order valence-electron chi connectivity index (χ3n) is 4.50. The number of nitrogens with zero attached hydrogens (tertiary/aromatic N) is 2. The summed E-state index contributed by atoms with van der Waals surface area (Å²) < 4.78 is 12.9. The van der Waals surface area contributed by atoms with Gasteiger partial charge in [-0.25, -0.2) is 0 Å². The van der Waals surface area contributed by atoms with Crippen LogP contribution >= 0.6 is 0 Å². The van der Waals surface area contributed by atoms with Crippen LogP contribution in [0.15, 0.2) is 18.2 Å². The molecule has 4 rings (SSSR count). The van der Waals surface area contributed by atoms with Crippen LogP contribution in [0, 0.1) is 5.21 Å². The Labute approximate surface area is 122 Å². The zero-order chi connectivity index (χ0) is 14.4. The van der Waals surface area contributed by atoms with Gasteiger partial charge in [0, 0.05) is 12.8 Å². The van der Waals surface area contributed by atoms with Gasteiger partial charge < -0.3 is 14.7 Å². The van der Waals surface area contributed by atoms with E-state index in [1.165, 1.54) is 11.0 Å². The summed E-state index contributed by atoms with van der Waals surface area (Å²) in [5.74, 6) is 1.32. The molecule has 2 heterocycles. The molecule has 6 heteroatoms. The first-order chi connectivity index (χ1) is 10.2. The zero-order valence-corrected chi connectivity index (χ0v) is 11.6. The molecule has 3 aliphatic rings. The molecule has 0 saturated heterocycles. The summed E-state index contributed by atoms with van der Waals surface area (Å²) in [6.45, 7) is 0.204. The first-order valence-corrected chi connectivity index (χ1v) is 7.29. The van der Waals surface area contributed by atoms with Crippen molar-refractivity contribution in [2.75, 3.05) is 6.79 Å². The van der Waals surface area contributed by atoms with Gasteiger partial charge in [0.15, 0.2) is 11.5 Å². The Kier molecular flexibility index (Phi) is 2.77. The SMILES string of the molecule is [O-][N+]1=C(c2ccc3c(c2)OCO3)C=[N+](O)[C@@H]2CCCC[C@H]21. The maximum atomic E-state index is 12.6. The number of hydroxylamine groups is 2. The van der Waals surface area contributed by atoms with Crippen molar-refractivity contribution >= 4 is 11.9 Å². The number of hydrogen-bond donors (Lipinski definition) is 1. The molecule has 1 N–H and O–H groups in total. The fourth-order valence-corrected chi connectivity index (χ4v) is 3.39. The number of benzene rings is 1. The second-order valence-corrected chi connectivity index (χ2v) is 5.71. The lowest BCUT2D eigenvalue weighted by Crippen LogP contribution is -2.51. The molecule has 0 amide bonds. The predicted octanol–water partition coefficient (Wildman–Crippen LogP) is 1.51. The highest BCUT2D eigenvalue weighted by atomic mass is 16.7. The molecule has 0 bridgehead atoms. The van der Waals surface area contributed by atoms with Crippen molar-refractivity contribution in [1.29, 1.82) is 0 Å². The minimum atomic E-state index is -0.186. The van der Waals surface area contributed by atoms with Gasteiger partial charge in [-0.15, -0.1) is 0 Å². The van der Waals surface area contributed by atoms with Gasteiger partial charge >= 0.3 is 0 Å². The number of fused-ring (bicyclic) bond motifs is 2. The van der Waals surface area contributed by atoms with Crippen molar-refractivity contribution in [3.05, 3.63) is 29.0 Å². The highest BCUT2D eigenvalue weighted by molar-refractivity contribution is 6.34. The Morgan fingerprint density at radius 1 is 1.10 bits per heavy atom. The van der Waals surface area contributed by atoms with E-state index in [0.717, 1.165) is 36.0 Å². The van der Waals surface area contributed by atoms with Crippen molar-refractivity contribution in [2.24, 2.45) is 0 Å². The second-order valence-electron chi connectivity index (χ2n) is 5.71. The lowest BCUT2D eigenvalue weighted by Gasteiger charge is -2.28. The molecule has 0 radical (unpaired) electrons. The summed E-state index contributed by atoms with van der Waals surface area (Å²) in [6.07, 6.45) is 5.27. The van der Waals surface area contributed by atoms with Gasteiger partial charge in [-0.1, -0.05) is 0 Å². The average molecular weight is 289 g/mol. The second kappa shape index (κ2) is 4.65. The summed E-state index contributed by atoms with van der Waals surface area (Å²) >= 11 is 0. The highest BCUT2D eigenvalue weighted by Crippen LogP contribution is 2.33. The molecule has 110 valence electrons. The monoisotopic (exact) mass is 289 g/mol. The van der Waals surface area contributed by atoms with E-state index >= 15 is 0 Å². The van der Waals surface area contributed by atoms with Gasteiger partial charge in [0.05, 0.1) is 5.56 Å². The van der Waals surface area contributed by atoms with Gasteiger partial charge in [0.2, 0.25) is 12.8 Å². The molecule has 0 aromatic heterocycles. The molecule has 2 aliphatic heterocycles. The summed E-state index contributed by atoms with van der Waals surface area (Å²) in [4.78, 5) is 0. The van der Waals surface area contributed by atoms with Crippen LogP contribution in [-0.4, -0.2) is 45.5 Å². The van der Waals surface area contributed by atoms with Crippen molar-refractivity contribution in [3.8, 4) is 11.5 Å². The van der Waals surface area contributed by atoms with Crippen molar-refractivity contribution in [1.82, 2.24) is 0 Å². The summed E-state index contributed by atoms with van der Waals surface area (Å²) in [7, 11) is 0. The summed E-state index contributed by atoms with van der Waals surface area (Å²) in [5, 5.41) is 22.8. The van der Waals surface area contributed by atoms with Crippen LogP contribution in [0.3, 0.4) is 0 Å². The third kappa shape index (κ3) is 1.93. The van der Waals surface area contributed by atoms with E-state index in [9.17, 15) is 10.4 Å². The molecule has 1 fully saturated rings. The van der Waals surface area contributed by atoms with Gasteiger partial charge in [-0.3, -0.25) is 5.21 Å². The maximum absolute atomic E-state index is 12.6. The molecule has 1 aromatic rings.